The Morgan fingerprint density at radius 1 is 1.50 bits per heavy atom. The topological polar surface area (TPSA) is 38.3 Å². The van der Waals surface area contributed by atoms with E-state index in [1.54, 1.807) is 0 Å². The number of anilines is 1. The van der Waals surface area contributed by atoms with Gasteiger partial charge in [0.05, 0.1) is 12.2 Å². The number of carbonyl (C=O) groups excluding carboxylic acids is 1. The van der Waals surface area contributed by atoms with Gasteiger partial charge in [-0.15, -0.1) is 0 Å². The van der Waals surface area contributed by atoms with Gasteiger partial charge in [0.2, 0.25) is 0 Å². The fourth-order valence-electron chi connectivity index (χ4n) is 1.83. The van der Waals surface area contributed by atoms with Gasteiger partial charge in [-0.2, -0.15) is 0 Å². The molecule has 0 aliphatic carbocycles. The fraction of sp³-hybridized carbons (Fsp3) is 0.462. The average molecular weight is 219 g/mol. The van der Waals surface area contributed by atoms with Crippen LogP contribution >= 0.6 is 0 Å². The van der Waals surface area contributed by atoms with Crippen molar-refractivity contribution in [1.82, 2.24) is 0 Å². The zero-order valence-electron chi connectivity index (χ0n) is 9.69. The molecule has 1 aromatic carbocycles. The normalized spacial score (nSPS) is 18.6. The number of fused-ring (bicyclic) bond motifs is 1. The molecule has 0 radical (unpaired) electrons. The lowest BCUT2D eigenvalue weighted by Crippen LogP contribution is -2.38. The SMILES string of the molecule is CC(C)CC(=O)C1CNc2ccccc2O1. The van der Waals surface area contributed by atoms with E-state index in [4.69, 9.17) is 4.74 Å². The number of benzene rings is 1. The van der Waals surface area contributed by atoms with Crippen molar-refractivity contribution >= 4 is 11.5 Å². The predicted molar refractivity (Wildman–Crippen MR) is 63.8 cm³/mol. The van der Waals surface area contributed by atoms with Crippen LogP contribution in [0.1, 0.15) is 20.3 Å². The number of ketones is 1. The summed E-state index contributed by atoms with van der Waals surface area (Å²) in [5.74, 6) is 1.33. The van der Waals surface area contributed by atoms with Crippen molar-refractivity contribution < 1.29 is 9.53 Å². The van der Waals surface area contributed by atoms with Crippen LogP contribution in [0, 0.1) is 5.92 Å². The van der Waals surface area contributed by atoms with E-state index in [1.165, 1.54) is 0 Å². The molecule has 1 N–H and O–H groups in total. The van der Waals surface area contributed by atoms with Crippen LogP contribution in [0.3, 0.4) is 0 Å². The lowest BCUT2D eigenvalue weighted by Gasteiger charge is -2.26. The van der Waals surface area contributed by atoms with Crippen LogP contribution in [0.4, 0.5) is 5.69 Å². The summed E-state index contributed by atoms with van der Waals surface area (Å²) in [6.45, 7) is 4.66. The van der Waals surface area contributed by atoms with Gasteiger partial charge in [0.1, 0.15) is 5.75 Å². The Morgan fingerprint density at radius 3 is 3.00 bits per heavy atom. The summed E-state index contributed by atoms with van der Waals surface area (Å²) in [4.78, 5) is 11.9. The molecule has 16 heavy (non-hydrogen) atoms. The number of hydrogen-bond donors (Lipinski definition) is 1. The summed E-state index contributed by atoms with van der Waals surface area (Å²) in [6.07, 6.45) is 0.242. The third-order valence-electron chi connectivity index (χ3n) is 2.60. The van der Waals surface area contributed by atoms with Crippen molar-refractivity contribution in [1.29, 1.82) is 0 Å². The first-order valence-electron chi connectivity index (χ1n) is 5.69. The maximum absolute atomic E-state index is 11.9. The van der Waals surface area contributed by atoms with Gasteiger partial charge in [0.15, 0.2) is 11.9 Å². The molecular weight excluding hydrogens is 202 g/mol. The fourth-order valence-corrected chi connectivity index (χ4v) is 1.83. The lowest BCUT2D eigenvalue weighted by molar-refractivity contribution is -0.126. The minimum absolute atomic E-state index is 0.178. The van der Waals surface area contributed by atoms with Crippen LogP contribution in [-0.2, 0) is 4.79 Å². The summed E-state index contributed by atoms with van der Waals surface area (Å²) in [7, 11) is 0. The van der Waals surface area contributed by atoms with Gasteiger partial charge < -0.3 is 10.1 Å². The van der Waals surface area contributed by atoms with Crippen molar-refractivity contribution in [2.24, 2.45) is 5.92 Å². The molecule has 1 aliphatic heterocycles. The Kier molecular flexibility index (Phi) is 3.13. The Hall–Kier alpha value is -1.51. The summed E-state index contributed by atoms with van der Waals surface area (Å²) < 4.78 is 5.68. The highest BCUT2D eigenvalue weighted by molar-refractivity contribution is 5.85. The summed E-state index contributed by atoms with van der Waals surface area (Å²) in [5.41, 5.74) is 0.969. The predicted octanol–water partition coefficient (Wildman–Crippen LogP) is 2.47. The quantitative estimate of drug-likeness (QED) is 0.848. The molecule has 3 nitrogen and oxygen atoms in total. The van der Waals surface area contributed by atoms with Gasteiger partial charge in [-0.25, -0.2) is 0 Å². The minimum atomic E-state index is -0.336. The number of hydrogen-bond acceptors (Lipinski definition) is 3. The van der Waals surface area contributed by atoms with E-state index in [0.717, 1.165) is 11.4 Å². The summed E-state index contributed by atoms with van der Waals surface area (Å²) >= 11 is 0. The van der Waals surface area contributed by atoms with E-state index in [1.807, 2.05) is 38.1 Å². The van der Waals surface area contributed by atoms with Crippen LogP contribution in [0.25, 0.3) is 0 Å². The molecule has 0 aromatic heterocycles. The van der Waals surface area contributed by atoms with Crippen LogP contribution in [0.5, 0.6) is 5.75 Å². The molecule has 1 aliphatic rings. The Bertz CT molecular complexity index is 387. The monoisotopic (exact) mass is 219 g/mol. The Balaban J connectivity index is 2.05. The second kappa shape index (κ2) is 4.56. The molecule has 1 unspecified atom stereocenters. The first-order valence-corrected chi connectivity index (χ1v) is 5.69. The highest BCUT2D eigenvalue weighted by Gasteiger charge is 2.25. The van der Waals surface area contributed by atoms with Crippen molar-refractivity contribution in [2.45, 2.75) is 26.4 Å². The second-order valence-electron chi connectivity index (χ2n) is 4.55. The second-order valence-corrected chi connectivity index (χ2v) is 4.55. The molecule has 0 saturated carbocycles. The van der Waals surface area contributed by atoms with Crippen LogP contribution in [0.2, 0.25) is 0 Å². The lowest BCUT2D eigenvalue weighted by atomic mass is 10.0. The smallest absolute Gasteiger partial charge is 0.175 e. The van der Waals surface area contributed by atoms with Gasteiger partial charge in [0.25, 0.3) is 0 Å². The first kappa shape index (κ1) is 11.0. The molecule has 0 saturated heterocycles. The third-order valence-corrected chi connectivity index (χ3v) is 2.60. The molecule has 0 fully saturated rings. The number of carbonyl (C=O) groups is 1. The number of para-hydroxylation sites is 2. The molecule has 2 rings (SSSR count). The van der Waals surface area contributed by atoms with Gasteiger partial charge in [-0.05, 0) is 18.1 Å². The van der Waals surface area contributed by atoms with Crippen LogP contribution in [0.15, 0.2) is 24.3 Å². The van der Waals surface area contributed by atoms with E-state index in [-0.39, 0.29) is 11.9 Å². The molecule has 1 heterocycles. The number of rotatable bonds is 3. The molecule has 1 atom stereocenters. The molecule has 0 spiro atoms. The van der Waals surface area contributed by atoms with Crippen LogP contribution in [-0.4, -0.2) is 18.4 Å². The van der Waals surface area contributed by atoms with E-state index in [2.05, 4.69) is 5.32 Å². The minimum Gasteiger partial charge on any atom is -0.479 e. The summed E-state index contributed by atoms with van der Waals surface area (Å²) in [6, 6.07) is 7.71. The standard InChI is InChI=1S/C13H17NO2/c1-9(2)7-11(15)13-8-14-10-5-3-4-6-12(10)16-13/h3-6,9,13-14H,7-8H2,1-2H3. The molecule has 0 bridgehead atoms. The zero-order valence-corrected chi connectivity index (χ0v) is 9.69. The zero-order chi connectivity index (χ0) is 11.5. The number of ether oxygens (including phenoxy) is 1. The molecule has 3 heteroatoms. The third kappa shape index (κ3) is 2.35. The van der Waals surface area contributed by atoms with E-state index in [0.29, 0.717) is 18.9 Å². The van der Waals surface area contributed by atoms with E-state index < -0.39 is 0 Å². The van der Waals surface area contributed by atoms with E-state index >= 15 is 0 Å². The highest BCUT2D eigenvalue weighted by Crippen LogP contribution is 2.28. The Labute approximate surface area is 95.8 Å². The van der Waals surface area contributed by atoms with Crippen molar-refractivity contribution in [3.05, 3.63) is 24.3 Å². The Morgan fingerprint density at radius 2 is 2.25 bits per heavy atom. The van der Waals surface area contributed by atoms with Gasteiger partial charge >= 0.3 is 0 Å². The largest absolute Gasteiger partial charge is 0.479 e. The first-order chi connectivity index (χ1) is 7.66. The molecule has 0 amide bonds. The van der Waals surface area contributed by atoms with Crippen LogP contribution < -0.4 is 10.1 Å². The van der Waals surface area contributed by atoms with Crippen molar-refractivity contribution in [3.8, 4) is 5.75 Å². The van der Waals surface area contributed by atoms with E-state index in [9.17, 15) is 4.79 Å². The van der Waals surface area contributed by atoms with Gasteiger partial charge in [-0.3, -0.25) is 4.79 Å². The summed E-state index contributed by atoms with van der Waals surface area (Å²) in [5, 5.41) is 3.22. The number of Topliss-reactive ketones (excluding diaryl/α,β-unsaturated/α-hetero) is 1. The molecule has 86 valence electrons. The highest BCUT2D eigenvalue weighted by atomic mass is 16.5. The maximum atomic E-state index is 11.9. The molecule has 1 aromatic rings. The number of nitrogens with one attached hydrogen (secondary N) is 1. The maximum Gasteiger partial charge on any atom is 0.175 e. The van der Waals surface area contributed by atoms with Crippen molar-refractivity contribution in [3.63, 3.8) is 0 Å². The van der Waals surface area contributed by atoms with Crippen molar-refractivity contribution in [2.75, 3.05) is 11.9 Å². The molecular formula is C13H17NO2. The van der Waals surface area contributed by atoms with Gasteiger partial charge in [-0.1, -0.05) is 26.0 Å². The van der Waals surface area contributed by atoms with Gasteiger partial charge in [0, 0.05) is 6.42 Å². The average Bonchev–Trinajstić information content (AvgIpc) is 2.27.